The Bertz CT molecular complexity index is 534. The Balaban J connectivity index is 2.46. The number of anilines is 2. The topological polar surface area (TPSA) is 84.7 Å². The number of carbonyl (C=O) groups excluding carboxylic acids is 2. The van der Waals surface area contributed by atoms with E-state index in [1.165, 1.54) is 31.3 Å². The maximum atomic E-state index is 12.1. The minimum absolute atomic E-state index is 0.213. The number of nitrogen functional groups attached to an aromatic ring is 1. The van der Waals surface area contributed by atoms with E-state index in [0.717, 1.165) is 30.9 Å². The maximum Gasteiger partial charge on any atom is 0.350 e. The van der Waals surface area contributed by atoms with Gasteiger partial charge in [-0.2, -0.15) is 0 Å². The first-order valence-electron chi connectivity index (χ1n) is 7.07. The molecule has 1 aromatic heterocycles. The number of thiophene rings is 1. The van der Waals surface area contributed by atoms with Gasteiger partial charge in [-0.25, -0.2) is 4.79 Å². The second kappa shape index (κ2) is 6.80. The molecule has 0 spiro atoms. The van der Waals surface area contributed by atoms with Gasteiger partial charge in [-0.05, 0) is 12.8 Å². The normalized spacial score (nSPS) is 15.4. The van der Waals surface area contributed by atoms with Crippen LogP contribution in [0.3, 0.4) is 0 Å². The average molecular weight is 311 g/mol. The van der Waals surface area contributed by atoms with Gasteiger partial charge in [-0.15, -0.1) is 11.3 Å². The zero-order valence-electron chi connectivity index (χ0n) is 12.4. The quantitative estimate of drug-likeness (QED) is 0.832. The molecule has 7 heteroatoms. The van der Waals surface area contributed by atoms with Gasteiger partial charge in [0.05, 0.1) is 18.4 Å². The van der Waals surface area contributed by atoms with Crippen molar-refractivity contribution in [2.45, 2.75) is 25.7 Å². The van der Waals surface area contributed by atoms with E-state index in [0.29, 0.717) is 10.4 Å². The van der Waals surface area contributed by atoms with E-state index < -0.39 is 5.97 Å². The van der Waals surface area contributed by atoms with Gasteiger partial charge in [0.1, 0.15) is 9.88 Å². The molecule has 0 atom stereocenters. The average Bonchev–Trinajstić information content (AvgIpc) is 2.69. The molecular formula is C14H21N3O3S. The van der Waals surface area contributed by atoms with E-state index in [4.69, 9.17) is 10.5 Å². The fourth-order valence-electron chi connectivity index (χ4n) is 2.52. The summed E-state index contributed by atoms with van der Waals surface area (Å²) in [6, 6.07) is 0. The first-order valence-corrected chi connectivity index (χ1v) is 7.89. The number of ether oxygens (including phenoxy) is 1. The zero-order valence-corrected chi connectivity index (χ0v) is 13.2. The number of amides is 1. The first kappa shape index (κ1) is 15.6. The molecule has 1 aliphatic heterocycles. The molecule has 0 aromatic carbocycles. The Morgan fingerprint density at radius 3 is 2.38 bits per heavy atom. The lowest BCUT2D eigenvalue weighted by molar-refractivity contribution is 0.0607. The lowest BCUT2D eigenvalue weighted by Gasteiger charge is -2.22. The van der Waals surface area contributed by atoms with Crippen LogP contribution in [-0.4, -0.2) is 39.1 Å². The smallest absolute Gasteiger partial charge is 0.350 e. The van der Waals surface area contributed by atoms with Crippen LogP contribution in [0, 0.1) is 0 Å². The van der Waals surface area contributed by atoms with Crippen LogP contribution in [-0.2, 0) is 4.74 Å². The van der Waals surface area contributed by atoms with Crippen molar-refractivity contribution in [3.05, 3.63) is 10.4 Å². The highest BCUT2D eigenvalue weighted by Gasteiger charge is 2.28. The van der Waals surface area contributed by atoms with E-state index in [1.807, 2.05) is 0 Å². The standard InChI is InChI=1S/C14H21N3O3S/c1-16-12(18)9-10(15)11(14(19)20-2)21-13(9)17-7-5-3-4-6-8-17/h3-8,15H2,1-2H3,(H,16,18). The molecule has 0 aliphatic carbocycles. The van der Waals surface area contributed by atoms with Crippen molar-refractivity contribution in [1.29, 1.82) is 0 Å². The van der Waals surface area contributed by atoms with Crippen LogP contribution in [0.2, 0.25) is 0 Å². The zero-order chi connectivity index (χ0) is 15.4. The molecule has 116 valence electrons. The largest absolute Gasteiger partial charge is 0.465 e. The van der Waals surface area contributed by atoms with Crippen molar-refractivity contribution < 1.29 is 14.3 Å². The van der Waals surface area contributed by atoms with Gasteiger partial charge in [0.2, 0.25) is 0 Å². The van der Waals surface area contributed by atoms with Gasteiger partial charge >= 0.3 is 5.97 Å². The Morgan fingerprint density at radius 1 is 1.24 bits per heavy atom. The van der Waals surface area contributed by atoms with E-state index >= 15 is 0 Å². The lowest BCUT2D eigenvalue weighted by atomic mass is 10.2. The molecule has 2 rings (SSSR count). The summed E-state index contributed by atoms with van der Waals surface area (Å²) < 4.78 is 4.75. The second-order valence-electron chi connectivity index (χ2n) is 5.00. The Kier molecular flexibility index (Phi) is 5.06. The molecule has 1 amide bonds. The van der Waals surface area contributed by atoms with E-state index in [9.17, 15) is 9.59 Å². The molecule has 6 nitrogen and oxygen atoms in total. The summed E-state index contributed by atoms with van der Waals surface area (Å²) in [4.78, 5) is 26.4. The number of hydrogen-bond acceptors (Lipinski definition) is 6. The van der Waals surface area contributed by atoms with Crippen molar-refractivity contribution >= 4 is 33.9 Å². The molecule has 2 heterocycles. The Hall–Kier alpha value is -1.76. The summed E-state index contributed by atoms with van der Waals surface area (Å²) in [7, 11) is 2.87. The van der Waals surface area contributed by atoms with Crippen molar-refractivity contribution in [2.24, 2.45) is 0 Å². The van der Waals surface area contributed by atoms with Crippen LogP contribution in [0.1, 0.15) is 45.7 Å². The fraction of sp³-hybridized carbons (Fsp3) is 0.571. The third-order valence-corrected chi connectivity index (χ3v) is 4.89. The molecule has 3 N–H and O–H groups in total. The summed E-state index contributed by atoms with van der Waals surface area (Å²) in [6.45, 7) is 1.76. The monoisotopic (exact) mass is 311 g/mol. The van der Waals surface area contributed by atoms with Gasteiger partial charge in [0.15, 0.2) is 0 Å². The molecule has 1 saturated heterocycles. The molecule has 1 aliphatic rings. The third-order valence-electron chi connectivity index (χ3n) is 3.64. The SMILES string of the molecule is CNC(=O)c1c(N2CCCCCC2)sc(C(=O)OC)c1N. The number of hydrogen-bond donors (Lipinski definition) is 2. The van der Waals surface area contributed by atoms with Gasteiger partial charge in [-0.1, -0.05) is 12.8 Å². The van der Waals surface area contributed by atoms with Gasteiger partial charge in [-0.3, -0.25) is 4.79 Å². The number of nitrogens with one attached hydrogen (secondary N) is 1. The highest BCUT2D eigenvalue weighted by molar-refractivity contribution is 7.19. The number of nitrogens with zero attached hydrogens (tertiary/aromatic N) is 1. The second-order valence-corrected chi connectivity index (χ2v) is 6.00. The van der Waals surface area contributed by atoms with Crippen LogP contribution in [0.5, 0.6) is 0 Å². The fourth-order valence-corrected chi connectivity index (χ4v) is 3.71. The van der Waals surface area contributed by atoms with Crippen LogP contribution in [0.4, 0.5) is 10.7 Å². The minimum atomic E-state index is -0.497. The van der Waals surface area contributed by atoms with Crippen molar-refractivity contribution in [2.75, 3.05) is 37.9 Å². The summed E-state index contributed by atoms with van der Waals surface area (Å²) in [5.74, 6) is -0.762. The summed E-state index contributed by atoms with van der Waals surface area (Å²) in [6.07, 6.45) is 4.55. The van der Waals surface area contributed by atoms with Gasteiger partial charge in [0, 0.05) is 20.1 Å². The molecule has 0 bridgehead atoms. The molecule has 21 heavy (non-hydrogen) atoms. The van der Waals surface area contributed by atoms with Crippen LogP contribution >= 0.6 is 11.3 Å². The van der Waals surface area contributed by atoms with Crippen LogP contribution in [0.25, 0.3) is 0 Å². The summed E-state index contributed by atoms with van der Waals surface area (Å²) in [5, 5.41) is 3.37. The van der Waals surface area contributed by atoms with Gasteiger partial charge in [0.25, 0.3) is 5.91 Å². The lowest BCUT2D eigenvalue weighted by Crippen LogP contribution is -2.27. The summed E-state index contributed by atoms with van der Waals surface area (Å²) >= 11 is 1.24. The first-order chi connectivity index (χ1) is 10.1. The number of methoxy groups -OCH3 is 1. The van der Waals surface area contributed by atoms with Crippen molar-refractivity contribution in [3.8, 4) is 0 Å². The Labute approximate surface area is 128 Å². The predicted molar refractivity (Wildman–Crippen MR) is 84.1 cm³/mol. The molecule has 1 aromatic rings. The number of esters is 1. The molecular weight excluding hydrogens is 290 g/mol. The Morgan fingerprint density at radius 2 is 1.86 bits per heavy atom. The number of rotatable bonds is 3. The molecule has 0 saturated carbocycles. The number of carbonyl (C=O) groups is 2. The van der Waals surface area contributed by atoms with Crippen molar-refractivity contribution in [3.63, 3.8) is 0 Å². The van der Waals surface area contributed by atoms with Crippen LogP contribution in [0.15, 0.2) is 0 Å². The van der Waals surface area contributed by atoms with E-state index in [-0.39, 0.29) is 11.6 Å². The van der Waals surface area contributed by atoms with Gasteiger partial charge < -0.3 is 20.7 Å². The maximum absolute atomic E-state index is 12.1. The predicted octanol–water partition coefficient (Wildman–Crippen LogP) is 1.86. The third kappa shape index (κ3) is 3.12. The molecule has 1 fully saturated rings. The molecule has 0 unspecified atom stereocenters. The van der Waals surface area contributed by atoms with Crippen LogP contribution < -0.4 is 16.0 Å². The van der Waals surface area contributed by atoms with E-state index in [2.05, 4.69) is 10.2 Å². The minimum Gasteiger partial charge on any atom is -0.465 e. The highest BCUT2D eigenvalue weighted by atomic mass is 32.1. The highest BCUT2D eigenvalue weighted by Crippen LogP contribution is 2.39. The molecule has 0 radical (unpaired) electrons. The number of nitrogens with two attached hydrogens (primary N) is 1. The summed E-state index contributed by atoms with van der Waals surface area (Å²) in [5.41, 5.74) is 6.63. The van der Waals surface area contributed by atoms with E-state index in [1.54, 1.807) is 7.05 Å². The van der Waals surface area contributed by atoms with Crippen molar-refractivity contribution in [1.82, 2.24) is 5.32 Å².